The highest BCUT2D eigenvalue weighted by atomic mass is 35.5. The zero-order valence-electron chi connectivity index (χ0n) is 11.4. The first-order valence-corrected chi connectivity index (χ1v) is 7.17. The van der Waals surface area contributed by atoms with E-state index < -0.39 is 11.5 Å². The van der Waals surface area contributed by atoms with Crippen LogP contribution in [-0.4, -0.2) is 11.0 Å². The number of benzene rings is 1. The van der Waals surface area contributed by atoms with Gasteiger partial charge in [-0.3, -0.25) is 4.79 Å². The summed E-state index contributed by atoms with van der Waals surface area (Å²) in [5.41, 5.74) is 4.22. The average molecular weight is 284 g/mol. The van der Waals surface area contributed by atoms with E-state index in [2.05, 4.69) is 6.92 Å². The molecule has 1 unspecified atom stereocenters. The number of halogens is 1. The highest BCUT2D eigenvalue weighted by molar-refractivity contribution is 6.30. The zero-order valence-corrected chi connectivity index (χ0v) is 12.1. The van der Waals surface area contributed by atoms with Crippen molar-refractivity contribution in [2.75, 3.05) is 0 Å². The monoisotopic (exact) mass is 283 g/mol. The largest absolute Gasteiger partial charge is 0.375 e. The van der Waals surface area contributed by atoms with E-state index >= 15 is 0 Å². The van der Waals surface area contributed by atoms with E-state index in [4.69, 9.17) is 17.3 Å². The number of hydrogen-bond acceptors (Lipinski definition) is 2. The third-order valence-electron chi connectivity index (χ3n) is 3.35. The fourth-order valence-electron chi connectivity index (χ4n) is 2.14. The predicted molar refractivity (Wildman–Crippen MR) is 77.9 cm³/mol. The van der Waals surface area contributed by atoms with Crippen LogP contribution in [0.1, 0.15) is 51.0 Å². The second kappa shape index (κ2) is 7.51. The first-order chi connectivity index (χ1) is 9.00. The minimum Gasteiger partial charge on any atom is -0.375 e. The number of nitrogens with two attached hydrogens (primary N) is 1. The lowest BCUT2D eigenvalue weighted by atomic mass is 9.87. The number of unbranched alkanes of at least 4 members (excludes halogenated alkanes) is 4. The maximum Gasteiger partial charge on any atom is 0.254 e. The zero-order chi connectivity index (χ0) is 14.3. The van der Waals surface area contributed by atoms with Crippen molar-refractivity contribution in [1.29, 1.82) is 0 Å². The van der Waals surface area contributed by atoms with Crippen LogP contribution in [0.3, 0.4) is 0 Å². The van der Waals surface area contributed by atoms with Gasteiger partial charge >= 0.3 is 0 Å². The number of primary amides is 1. The van der Waals surface area contributed by atoms with Crippen molar-refractivity contribution in [3.8, 4) is 0 Å². The highest BCUT2D eigenvalue weighted by Crippen LogP contribution is 2.29. The third-order valence-corrected chi connectivity index (χ3v) is 3.59. The molecule has 0 radical (unpaired) electrons. The number of hydrogen-bond donors (Lipinski definition) is 2. The maximum atomic E-state index is 11.6. The summed E-state index contributed by atoms with van der Waals surface area (Å²) in [4.78, 5) is 11.6. The van der Waals surface area contributed by atoms with Gasteiger partial charge < -0.3 is 10.8 Å². The lowest BCUT2D eigenvalue weighted by molar-refractivity contribution is -0.138. The second-order valence-corrected chi connectivity index (χ2v) is 5.34. The van der Waals surface area contributed by atoms with Gasteiger partial charge in [-0.05, 0) is 30.5 Å². The summed E-state index contributed by atoms with van der Waals surface area (Å²) in [5.74, 6) is -0.717. The molecule has 19 heavy (non-hydrogen) atoms. The lowest BCUT2D eigenvalue weighted by Gasteiger charge is -2.25. The van der Waals surface area contributed by atoms with Crippen molar-refractivity contribution in [2.45, 2.75) is 51.0 Å². The Kier molecular flexibility index (Phi) is 6.32. The molecule has 0 heterocycles. The van der Waals surface area contributed by atoms with Crippen molar-refractivity contribution >= 4 is 17.5 Å². The Labute approximate surface area is 119 Å². The molecule has 0 aliphatic heterocycles. The number of amides is 1. The van der Waals surface area contributed by atoms with E-state index in [1.54, 1.807) is 24.3 Å². The van der Waals surface area contributed by atoms with E-state index in [0.29, 0.717) is 17.0 Å². The van der Waals surface area contributed by atoms with E-state index in [1.165, 1.54) is 6.42 Å². The molecular weight excluding hydrogens is 262 g/mol. The van der Waals surface area contributed by atoms with Gasteiger partial charge in [0, 0.05) is 5.02 Å². The Balaban J connectivity index is 2.72. The fourth-order valence-corrected chi connectivity index (χ4v) is 2.33. The summed E-state index contributed by atoms with van der Waals surface area (Å²) in [7, 11) is 0. The second-order valence-electron chi connectivity index (χ2n) is 4.90. The number of aliphatic hydroxyl groups is 1. The minimum absolute atomic E-state index is 0.340. The van der Waals surface area contributed by atoms with Crippen molar-refractivity contribution in [1.82, 2.24) is 0 Å². The van der Waals surface area contributed by atoms with Crippen molar-refractivity contribution in [3.63, 3.8) is 0 Å². The van der Waals surface area contributed by atoms with E-state index in [0.717, 1.165) is 25.7 Å². The third kappa shape index (κ3) is 4.51. The van der Waals surface area contributed by atoms with Crippen molar-refractivity contribution in [2.24, 2.45) is 5.73 Å². The van der Waals surface area contributed by atoms with Crippen LogP contribution in [0.25, 0.3) is 0 Å². The Morgan fingerprint density at radius 1 is 1.32 bits per heavy atom. The molecule has 0 aromatic heterocycles. The molecule has 3 nitrogen and oxygen atoms in total. The quantitative estimate of drug-likeness (QED) is 0.719. The van der Waals surface area contributed by atoms with Crippen LogP contribution in [0.5, 0.6) is 0 Å². The highest BCUT2D eigenvalue weighted by Gasteiger charge is 2.35. The first-order valence-electron chi connectivity index (χ1n) is 6.79. The van der Waals surface area contributed by atoms with Gasteiger partial charge in [-0.25, -0.2) is 0 Å². The first kappa shape index (κ1) is 16.0. The van der Waals surface area contributed by atoms with E-state index in [9.17, 15) is 9.90 Å². The molecule has 0 fully saturated rings. The van der Waals surface area contributed by atoms with Gasteiger partial charge in [0.15, 0.2) is 5.60 Å². The SMILES string of the molecule is CCCCCCCC(O)(C(N)=O)c1cccc(Cl)c1. The molecule has 0 saturated carbocycles. The molecular formula is C15H22ClNO2. The molecule has 1 amide bonds. The van der Waals surface area contributed by atoms with Crippen molar-refractivity contribution < 1.29 is 9.90 Å². The summed E-state index contributed by atoms with van der Waals surface area (Å²) in [5, 5.41) is 11.0. The summed E-state index contributed by atoms with van der Waals surface area (Å²) < 4.78 is 0. The van der Waals surface area contributed by atoms with Gasteiger partial charge in [0.25, 0.3) is 5.91 Å². The summed E-state index contributed by atoms with van der Waals surface area (Å²) in [6.45, 7) is 2.14. The Bertz CT molecular complexity index is 422. The Morgan fingerprint density at radius 3 is 2.58 bits per heavy atom. The summed E-state index contributed by atoms with van der Waals surface area (Å²) in [6.07, 6.45) is 5.55. The van der Waals surface area contributed by atoms with E-state index in [-0.39, 0.29) is 0 Å². The van der Waals surface area contributed by atoms with Gasteiger partial charge in [0.2, 0.25) is 0 Å². The number of carbonyl (C=O) groups is 1. The molecule has 0 spiro atoms. The number of rotatable bonds is 8. The smallest absolute Gasteiger partial charge is 0.254 e. The molecule has 4 heteroatoms. The van der Waals surface area contributed by atoms with Gasteiger partial charge in [-0.1, -0.05) is 56.3 Å². The lowest BCUT2D eigenvalue weighted by Crippen LogP contribution is -2.41. The van der Waals surface area contributed by atoms with Gasteiger partial charge in [-0.2, -0.15) is 0 Å². The Hall–Kier alpha value is -1.06. The standard InChI is InChI=1S/C15H22ClNO2/c1-2-3-4-5-6-10-15(19,14(17)18)12-8-7-9-13(16)11-12/h7-9,11,19H,2-6,10H2,1H3,(H2,17,18). The van der Waals surface area contributed by atoms with Crippen LogP contribution in [-0.2, 0) is 10.4 Å². The molecule has 0 aliphatic carbocycles. The van der Waals surface area contributed by atoms with Crippen LogP contribution < -0.4 is 5.73 Å². The maximum absolute atomic E-state index is 11.6. The molecule has 0 saturated heterocycles. The normalized spacial score (nSPS) is 14.1. The Morgan fingerprint density at radius 2 is 2.00 bits per heavy atom. The molecule has 3 N–H and O–H groups in total. The molecule has 1 aromatic rings. The van der Waals surface area contributed by atoms with Crippen LogP contribution in [0.2, 0.25) is 5.02 Å². The fraction of sp³-hybridized carbons (Fsp3) is 0.533. The summed E-state index contributed by atoms with van der Waals surface area (Å²) >= 11 is 5.89. The van der Waals surface area contributed by atoms with Crippen molar-refractivity contribution in [3.05, 3.63) is 34.9 Å². The molecule has 0 bridgehead atoms. The molecule has 106 valence electrons. The number of carbonyl (C=O) groups excluding carboxylic acids is 1. The molecule has 1 rings (SSSR count). The van der Waals surface area contributed by atoms with Crippen LogP contribution in [0.4, 0.5) is 0 Å². The average Bonchev–Trinajstić information content (AvgIpc) is 2.38. The predicted octanol–water partition coefficient (Wildman–Crippen LogP) is 3.37. The minimum atomic E-state index is -1.61. The van der Waals surface area contributed by atoms with Gasteiger partial charge in [0.1, 0.15) is 0 Å². The van der Waals surface area contributed by atoms with E-state index in [1.807, 2.05) is 0 Å². The molecule has 0 aliphatic rings. The van der Waals surface area contributed by atoms with Gasteiger partial charge in [0.05, 0.1) is 0 Å². The van der Waals surface area contributed by atoms with Crippen LogP contribution >= 0.6 is 11.6 Å². The topological polar surface area (TPSA) is 63.3 Å². The van der Waals surface area contributed by atoms with Gasteiger partial charge in [-0.15, -0.1) is 0 Å². The van der Waals surface area contributed by atoms with Crippen LogP contribution in [0.15, 0.2) is 24.3 Å². The summed E-state index contributed by atoms with van der Waals surface area (Å²) in [6, 6.07) is 6.69. The molecule has 1 aromatic carbocycles. The molecule has 1 atom stereocenters. The van der Waals surface area contributed by atoms with Crippen LogP contribution in [0, 0.1) is 0 Å².